The summed E-state index contributed by atoms with van der Waals surface area (Å²) in [4.78, 5) is 1.93. The number of rotatable bonds is 5. The molecule has 0 spiro atoms. The number of anilines is 1. The molecule has 0 radical (unpaired) electrons. The van der Waals surface area contributed by atoms with Crippen molar-refractivity contribution in [1.82, 2.24) is 0 Å². The number of ether oxygens (including phenoxy) is 1. The zero-order valence-electron chi connectivity index (χ0n) is 9.05. The number of nitrogens with zero attached hydrogens (tertiary/aromatic N) is 1. The Hall–Kier alpha value is -1.26. The van der Waals surface area contributed by atoms with E-state index in [0.717, 1.165) is 5.69 Å². The second-order valence-corrected chi connectivity index (χ2v) is 3.51. The lowest BCUT2D eigenvalue weighted by atomic mass is 10.3. The first-order chi connectivity index (χ1) is 7.15. The van der Waals surface area contributed by atoms with Gasteiger partial charge in [-0.2, -0.15) is 0 Å². The molecule has 1 atom stereocenters. The third kappa shape index (κ3) is 3.42. The van der Waals surface area contributed by atoms with Gasteiger partial charge in [0.2, 0.25) is 0 Å². The van der Waals surface area contributed by atoms with E-state index >= 15 is 0 Å². The fraction of sp³-hybridized carbons (Fsp3) is 0.455. The van der Waals surface area contributed by atoms with Crippen LogP contribution in [0.3, 0.4) is 0 Å². The monoisotopic (exact) mass is 211 g/mol. The molecule has 1 rings (SSSR count). The van der Waals surface area contributed by atoms with Crippen molar-refractivity contribution in [2.75, 3.05) is 32.2 Å². The number of hydrogen-bond acceptors (Lipinski definition) is 4. The molecule has 0 saturated heterocycles. The minimum absolute atomic E-state index is 0.0986. The number of benzene rings is 1. The highest BCUT2D eigenvalue weighted by atomic mass is 16.5. The smallest absolute Gasteiger partial charge is 0.142 e. The number of para-hydroxylation sites is 2. The third-order valence-electron chi connectivity index (χ3n) is 1.99. The molecule has 0 aliphatic rings. The summed E-state index contributed by atoms with van der Waals surface area (Å²) in [6.07, 6.45) is -0.833. The maximum Gasteiger partial charge on any atom is 0.142 e. The second kappa shape index (κ2) is 5.58. The number of hydrogen-bond donors (Lipinski definition) is 2. The molecule has 84 valence electrons. The maximum atomic E-state index is 9.16. The van der Waals surface area contributed by atoms with E-state index in [4.69, 9.17) is 14.9 Å². The Labute approximate surface area is 89.7 Å². The Morgan fingerprint density at radius 2 is 2.00 bits per heavy atom. The van der Waals surface area contributed by atoms with Gasteiger partial charge in [0, 0.05) is 14.1 Å². The Morgan fingerprint density at radius 3 is 2.60 bits per heavy atom. The fourth-order valence-electron chi connectivity index (χ4n) is 1.19. The van der Waals surface area contributed by atoms with Crippen molar-refractivity contribution < 1.29 is 14.9 Å². The minimum atomic E-state index is -0.833. The molecule has 0 aliphatic carbocycles. The van der Waals surface area contributed by atoms with Crippen molar-refractivity contribution in [2.24, 2.45) is 0 Å². The van der Waals surface area contributed by atoms with Crippen molar-refractivity contribution >= 4 is 5.69 Å². The van der Waals surface area contributed by atoms with Crippen molar-refractivity contribution in [3.63, 3.8) is 0 Å². The lowest BCUT2D eigenvalue weighted by Crippen LogP contribution is -2.22. The molecule has 4 nitrogen and oxygen atoms in total. The first-order valence-corrected chi connectivity index (χ1v) is 4.83. The van der Waals surface area contributed by atoms with Crippen molar-refractivity contribution in [1.29, 1.82) is 0 Å². The molecule has 0 fully saturated rings. The highest BCUT2D eigenvalue weighted by Crippen LogP contribution is 2.25. The molecule has 1 aromatic carbocycles. The summed E-state index contributed by atoms with van der Waals surface area (Å²) in [6, 6.07) is 7.55. The van der Waals surface area contributed by atoms with E-state index in [9.17, 15) is 0 Å². The molecule has 0 aromatic heterocycles. The van der Waals surface area contributed by atoms with E-state index in [1.54, 1.807) is 0 Å². The third-order valence-corrected chi connectivity index (χ3v) is 1.99. The second-order valence-electron chi connectivity index (χ2n) is 3.51. The summed E-state index contributed by atoms with van der Waals surface area (Å²) >= 11 is 0. The van der Waals surface area contributed by atoms with E-state index < -0.39 is 6.10 Å². The van der Waals surface area contributed by atoms with E-state index in [0.29, 0.717) is 5.75 Å². The van der Waals surface area contributed by atoms with Crippen molar-refractivity contribution in [2.45, 2.75) is 6.10 Å². The van der Waals surface area contributed by atoms with Crippen LogP contribution in [0, 0.1) is 0 Å². The molecule has 15 heavy (non-hydrogen) atoms. The van der Waals surface area contributed by atoms with Gasteiger partial charge in [-0.3, -0.25) is 0 Å². The standard InChI is InChI=1S/C11H17NO3/c1-12(2)10-5-3-4-6-11(10)15-8-9(14)7-13/h3-6,9,13-14H,7-8H2,1-2H3. The van der Waals surface area contributed by atoms with Gasteiger partial charge in [0.25, 0.3) is 0 Å². The van der Waals surface area contributed by atoms with E-state index in [1.165, 1.54) is 0 Å². The van der Waals surface area contributed by atoms with Crippen LogP contribution in [-0.4, -0.2) is 43.6 Å². The van der Waals surface area contributed by atoms with Crippen LogP contribution in [0.4, 0.5) is 5.69 Å². The zero-order chi connectivity index (χ0) is 11.3. The molecule has 0 amide bonds. The van der Waals surface area contributed by atoms with Gasteiger partial charge in [-0.15, -0.1) is 0 Å². The van der Waals surface area contributed by atoms with Crippen LogP contribution in [0.5, 0.6) is 5.75 Å². The quantitative estimate of drug-likeness (QED) is 0.744. The highest BCUT2D eigenvalue weighted by Gasteiger charge is 2.07. The van der Waals surface area contributed by atoms with Crippen LogP contribution in [-0.2, 0) is 0 Å². The van der Waals surface area contributed by atoms with Crippen LogP contribution in [0.1, 0.15) is 0 Å². The molecule has 0 bridgehead atoms. The van der Waals surface area contributed by atoms with Crippen LogP contribution in [0.25, 0.3) is 0 Å². The van der Waals surface area contributed by atoms with Gasteiger partial charge in [0.05, 0.1) is 12.3 Å². The summed E-state index contributed by atoms with van der Waals surface area (Å²) in [7, 11) is 3.84. The normalized spacial score (nSPS) is 12.3. The largest absolute Gasteiger partial charge is 0.489 e. The fourth-order valence-corrected chi connectivity index (χ4v) is 1.19. The highest BCUT2D eigenvalue weighted by molar-refractivity contribution is 5.57. The van der Waals surface area contributed by atoms with E-state index in [2.05, 4.69) is 0 Å². The molecular formula is C11H17NO3. The van der Waals surface area contributed by atoms with Crippen molar-refractivity contribution in [3.8, 4) is 5.75 Å². The van der Waals surface area contributed by atoms with Gasteiger partial charge < -0.3 is 19.8 Å². The summed E-state index contributed by atoms with van der Waals surface area (Å²) < 4.78 is 5.40. The molecule has 4 heteroatoms. The van der Waals surface area contributed by atoms with Crippen LogP contribution in [0.15, 0.2) is 24.3 Å². The summed E-state index contributed by atoms with van der Waals surface area (Å²) in [5, 5.41) is 17.8. The Balaban J connectivity index is 2.67. The van der Waals surface area contributed by atoms with Gasteiger partial charge in [0.1, 0.15) is 18.5 Å². The number of aliphatic hydroxyl groups is 2. The predicted octanol–water partition coefficient (Wildman–Crippen LogP) is 0.485. The topological polar surface area (TPSA) is 52.9 Å². The summed E-state index contributed by atoms with van der Waals surface area (Å²) in [5.41, 5.74) is 0.947. The zero-order valence-corrected chi connectivity index (χ0v) is 9.05. The van der Waals surface area contributed by atoms with Gasteiger partial charge in [-0.05, 0) is 12.1 Å². The first-order valence-electron chi connectivity index (χ1n) is 4.83. The van der Waals surface area contributed by atoms with Gasteiger partial charge >= 0.3 is 0 Å². The first kappa shape index (κ1) is 11.8. The Morgan fingerprint density at radius 1 is 1.33 bits per heavy atom. The molecule has 1 unspecified atom stereocenters. The molecule has 0 heterocycles. The SMILES string of the molecule is CN(C)c1ccccc1OCC(O)CO. The maximum absolute atomic E-state index is 9.16. The predicted molar refractivity (Wildman–Crippen MR) is 59.4 cm³/mol. The Bertz CT molecular complexity index is 302. The molecule has 0 saturated carbocycles. The average molecular weight is 211 g/mol. The van der Waals surface area contributed by atoms with Crippen molar-refractivity contribution in [3.05, 3.63) is 24.3 Å². The van der Waals surface area contributed by atoms with Gasteiger partial charge in [0.15, 0.2) is 0 Å². The Kier molecular flexibility index (Phi) is 4.39. The number of aliphatic hydroxyl groups excluding tert-OH is 2. The average Bonchev–Trinajstić information content (AvgIpc) is 2.26. The molecule has 0 aliphatic heterocycles. The van der Waals surface area contributed by atoms with Crippen LogP contribution >= 0.6 is 0 Å². The van der Waals surface area contributed by atoms with E-state index in [-0.39, 0.29) is 13.2 Å². The van der Waals surface area contributed by atoms with Crippen LogP contribution < -0.4 is 9.64 Å². The van der Waals surface area contributed by atoms with Gasteiger partial charge in [-0.25, -0.2) is 0 Å². The van der Waals surface area contributed by atoms with Gasteiger partial charge in [-0.1, -0.05) is 12.1 Å². The lowest BCUT2D eigenvalue weighted by molar-refractivity contribution is 0.0538. The molecular weight excluding hydrogens is 194 g/mol. The molecule has 1 aromatic rings. The van der Waals surface area contributed by atoms with E-state index in [1.807, 2.05) is 43.3 Å². The summed E-state index contributed by atoms with van der Waals surface area (Å²) in [5.74, 6) is 0.704. The lowest BCUT2D eigenvalue weighted by Gasteiger charge is -2.18. The molecule has 2 N–H and O–H groups in total. The van der Waals surface area contributed by atoms with Crippen LogP contribution in [0.2, 0.25) is 0 Å². The minimum Gasteiger partial charge on any atom is -0.489 e. The summed E-state index contributed by atoms with van der Waals surface area (Å²) in [6.45, 7) is -0.189.